The summed E-state index contributed by atoms with van der Waals surface area (Å²) in [7, 11) is 1.76. The Kier molecular flexibility index (Phi) is 4.44. The zero-order chi connectivity index (χ0) is 19.9. The number of rotatable bonds is 2. The molecule has 2 aromatic carbocycles. The highest BCUT2D eigenvalue weighted by atomic mass is 19.4. The zero-order valence-corrected chi connectivity index (χ0v) is 15.1. The Bertz CT molecular complexity index is 1020. The third kappa shape index (κ3) is 3.39. The van der Waals surface area contributed by atoms with E-state index in [2.05, 4.69) is 10.3 Å². The van der Waals surface area contributed by atoms with Gasteiger partial charge in [-0.2, -0.15) is 13.2 Å². The van der Waals surface area contributed by atoms with Gasteiger partial charge in [-0.25, -0.2) is 4.68 Å². The van der Waals surface area contributed by atoms with Crippen molar-refractivity contribution >= 4 is 22.6 Å². The van der Waals surface area contributed by atoms with Gasteiger partial charge in [0, 0.05) is 44.5 Å². The molecule has 28 heavy (non-hydrogen) atoms. The first kappa shape index (κ1) is 18.3. The molecule has 0 N–H and O–H groups in total. The summed E-state index contributed by atoms with van der Waals surface area (Å²) < 4.78 is 40.4. The van der Waals surface area contributed by atoms with Crippen molar-refractivity contribution < 1.29 is 18.0 Å². The van der Waals surface area contributed by atoms with Crippen molar-refractivity contribution in [3.63, 3.8) is 0 Å². The molecule has 0 radical (unpaired) electrons. The number of anilines is 1. The topological polar surface area (TPSA) is 54.3 Å². The normalized spacial score (nSPS) is 15.3. The van der Waals surface area contributed by atoms with Crippen LogP contribution >= 0.6 is 0 Å². The van der Waals surface area contributed by atoms with Gasteiger partial charge in [0.15, 0.2) is 0 Å². The SMILES string of the molecule is Cn1nnc2ccc(C(=O)N3CCN(c4cccc(C(F)(F)F)c4)CC3)cc21. The number of fused-ring (bicyclic) bond motifs is 1. The summed E-state index contributed by atoms with van der Waals surface area (Å²) in [6, 6.07) is 10.5. The second-order valence-corrected chi connectivity index (χ2v) is 6.74. The van der Waals surface area contributed by atoms with Crippen molar-refractivity contribution in [3.8, 4) is 0 Å². The quantitative estimate of drug-likeness (QED) is 0.676. The van der Waals surface area contributed by atoms with E-state index in [1.807, 2.05) is 4.90 Å². The molecule has 2 heterocycles. The summed E-state index contributed by atoms with van der Waals surface area (Å²) in [6.45, 7) is 1.83. The number of halogens is 3. The van der Waals surface area contributed by atoms with Crippen molar-refractivity contribution in [2.45, 2.75) is 6.18 Å². The predicted molar refractivity (Wildman–Crippen MR) is 98.1 cm³/mol. The number of benzene rings is 2. The van der Waals surface area contributed by atoms with Crippen molar-refractivity contribution in [3.05, 3.63) is 53.6 Å². The van der Waals surface area contributed by atoms with Crippen LogP contribution in [0.15, 0.2) is 42.5 Å². The van der Waals surface area contributed by atoms with E-state index < -0.39 is 11.7 Å². The Morgan fingerprint density at radius 2 is 1.79 bits per heavy atom. The van der Waals surface area contributed by atoms with Crippen LogP contribution in [0.25, 0.3) is 11.0 Å². The molecular weight excluding hydrogens is 371 g/mol. The number of carbonyl (C=O) groups excluding carboxylic acids is 1. The average Bonchev–Trinajstić information content (AvgIpc) is 3.07. The molecule has 0 aliphatic carbocycles. The molecule has 0 bridgehead atoms. The molecule has 1 saturated heterocycles. The number of nitrogens with zero attached hydrogens (tertiary/aromatic N) is 5. The van der Waals surface area contributed by atoms with Crippen LogP contribution in [0.2, 0.25) is 0 Å². The fourth-order valence-corrected chi connectivity index (χ4v) is 3.39. The van der Waals surface area contributed by atoms with Crippen LogP contribution in [0.1, 0.15) is 15.9 Å². The molecule has 6 nitrogen and oxygen atoms in total. The molecule has 146 valence electrons. The van der Waals surface area contributed by atoms with Crippen molar-refractivity contribution in [1.29, 1.82) is 0 Å². The van der Waals surface area contributed by atoms with E-state index in [9.17, 15) is 18.0 Å². The molecule has 0 spiro atoms. The minimum Gasteiger partial charge on any atom is -0.368 e. The van der Waals surface area contributed by atoms with E-state index in [1.54, 1.807) is 40.9 Å². The summed E-state index contributed by atoms with van der Waals surface area (Å²) in [5.74, 6) is -0.105. The molecule has 4 rings (SSSR count). The first-order chi connectivity index (χ1) is 13.3. The number of amides is 1. The Morgan fingerprint density at radius 1 is 1.04 bits per heavy atom. The zero-order valence-electron chi connectivity index (χ0n) is 15.1. The van der Waals surface area contributed by atoms with Crippen LogP contribution in [0.4, 0.5) is 18.9 Å². The van der Waals surface area contributed by atoms with Gasteiger partial charge in [-0.3, -0.25) is 4.79 Å². The smallest absolute Gasteiger partial charge is 0.368 e. The maximum Gasteiger partial charge on any atom is 0.416 e. The van der Waals surface area contributed by atoms with E-state index in [0.29, 0.717) is 42.9 Å². The fourth-order valence-electron chi connectivity index (χ4n) is 3.39. The average molecular weight is 389 g/mol. The largest absolute Gasteiger partial charge is 0.416 e. The summed E-state index contributed by atoms with van der Waals surface area (Å²) in [5, 5.41) is 7.93. The number of carbonyl (C=O) groups is 1. The van der Waals surface area contributed by atoms with E-state index in [1.165, 1.54) is 6.07 Å². The van der Waals surface area contributed by atoms with Crippen LogP contribution in [0.5, 0.6) is 0 Å². The Hall–Kier alpha value is -3.10. The summed E-state index contributed by atoms with van der Waals surface area (Å²) in [4.78, 5) is 16.4. The van der Waals surface area contributed by atoms with Gasteiger partial charge < -0.3 is 9.80 Å². The molecular formula is C19H18F3N5O. The highest BCUT2D eigenvalue weighted by Crippen LogP contribution is 2.32. The van der Waals surface area contributed by atoms with Crippen LogP contribution in [0, 0.1) is 0 Å². The van der Waals surface area contributed by atoms with E-state index in [0.717, 1.165) is 17.6 Å². The number of piperazine rings is 1. The summed E-state index contributed by atoms with van der Waals surface area (Å²) in [5.41, 5.74) is 1.89. The highest BCUT2D eigenvalue weighted by Gasteiger charge is 2.31. The molecule has 3 aromatic rings. The standard InChI is InChI=1S/C19H18F3N5O/c1-25-17-11-13(5-6-16(17)23-24-25)18(28)27-9-7-26(8-10-27)15-4-2-3-14(12-15)19(20,21)22/h2-6,11-12H,7-10H2,1H3. The van der Waals surface area contributed by atoms with Crippen LogP contribution in [-0.2, 0) is 13.2 Å². The van der Waals surface area contributed by atoms with Crippen LogP contribution in [-0.4, -0.2) is 52.0 Å². The lowest BCUT2D eigenvalue weighted by atomic mass is 10.1. The maximum atomic E-state index is 12.9. The number of hydrogen-bond acceptors (Lipinski definition) is 4. The second-order valence-electron chi connectivity index (χ2n) is 6.74. The van der Waals surface area contributed by atoms with Crippen molar-refractivity contribution in [2.75, 3.05) is 31.1 Å². The Morgan fingerprint density at radius 3 is 2.50 bits per heavy atom. The van der Waals surface area contributed by atoms with Gasteiger partial charge in [-0.1, -0.05) is 11.3 Å². The van der Waals surface area contributed by atoms with Gasteiger partial charge in [0.1, 0.15) is 5.52 Å². The fraction of sp³-hybridized carbons (Fsp3) is 0.316. The third-order valence-corrected chi connectivity index (χ3v) is 4.96. The summed E-state index contributed by atoms with van der Waals surface area (Å²) >= 11 is 0. The van der Waals surface area contributed by atoms with Gasteiger partial charge in [-0.15, -0.1) is 5.10 Å². The number of aryl methyl sites for hydroxylation is 1. The van der Waals surface area contributed by atoms with E-state index in [-0.39, 0.29) is 5.91 Å². The Balaban J connectivity index is 1.46. The molecule has 1 aliphatic rings. The third-order valence-electron chi connectivity index (χ3n) is 4.96. The first-order valence-corrected chi connectivity index (χ1v) is 8.84. The van der Waals surface area contributed by atoms with Gasteiger partial charge in [-0.05, 0) is 36.4 Å². The molecule has 1 fully saturated rings. The summed E-state index contributed by atoms with van der Waals surface area (Å²) in [6.07, 6.45) is -4.37. The van der Waals surface area contributed by atoms with Crippen molar-refractivity contribution in [2.24, 2.45) is 7.05 Å². The van der Waals surface area contributed by atoms with Gasteiger partial charge in [0.25, 0.3) is 5.91 Å². The van der Waals surface area contributed by atoms with Crippen LogP contribution < -0.4 is 4.90 Å². The molecule has 1 aliphatic heterocycles. The minimum atomic E-state index is -4.37. The molecule has 9 heteroatoms. The molecule has 1 amide bonds. The first-order valence-electron chi connectivity index (χ1n) is 8.84. The monoisotopic (exact) mass is 389 g/mol. The molecule has 0 atom stereocenters. The van der Waals surface area contributed by atoms with Gasteiger partial charge >= 0.3 is 6.18 Å². The number of aromatic nitrogens is 3. The molecule has 0 unspecified atom stereocenters. The molecule has 1 aromatic heterocycles. The predicted octanol–water partition coefficient (Wildman–Crippen LogP) is 2.95. The minimum absolute atomic E-state index is 0.105. The van der Waals surface area contributed by atoms with Crippen LogP contribution in [0.3, 0.4) is 0 Å². The van der Waals surface area contributed by atoms with E-state index >= 15 is 0 Å². The second kappa shape index (κ2) is 6.81. The lowest BCUT2D eigenvalue weighted by Crippen LogP contribution is -2.48. The number of alkyl halides is 3. The lowest BCUT2D eigenvalue weighted by molar-refractivity contribution is -0.137. The Labute approximate surface area is 159 Å². The number of hydrogen-bond donors (Lipinski definition) is 0. The lowest BCUT2D eigenvalue weighted by Gasteiger charge is -2.36. The van der Waals surface area contributed by atoms with Gasteiger partial charge in [0.2, 0.25) is 0 Å². The van der Waals surface area contributed by atoms with Crippen molar-refractivity contribution in [1.82, 2.24) is 19.9 Å². The molecule has 0 saturated carbocycles. The maximum absolute atomic E-state index is 12.9. The van der Waals surface area contributed by atoms with Gasteiger partial charge in [0.05, 0.1) is 11.1 Å². The van der Waals surface area contributed by atoms with E-state index in [4.69, 9.17) is 0 Å². The highest BCUT2D eigenvalue weighted by molar-refractivity contribution is 5.97.